The van der Waals surface area contributed by atoms with Gasteiger partial charge in [0.25, 0.3) is 0 Å². The maximum absolute atomic E-state index is 12.1. The van der Waals surface area contributed by atoms with Crippen LogP contribution in [-0.4, -0.2) is 18.4 Å². The van der Waals surface area contributed by atoms with Crippen molar-refractivity contribution in [1.82, 2.24) is 5.32 Å². The third-order valence-corrected chi connectivity index (χ3v) is 2.15. The van der Waals surface area contributed by atoms with E-state index < -0.39 is 31.7 Å². The van der Waals surface area contributed by atoms with Crippen LogP contribution in [0.2, 0.25) is 0 Å². The summed E-state index contributed by atoms with van der Waals surface area (Å²) < 4.78 is 51.7. The third kappa shape index (κ3) is 5.20. The minimum Gasteiger partial charge on any atom is -0.324 e. The first-order valence-corrected chi connectivity index (χ1v) is 4.94. The molecule has 0 spiro atoms. The van der Waals surface area contributed by atoms with Gasteiger partial charge in [0.05, 0.1) is 6.04 Å². The average molecular weight is 264 g/mol. The number of hydrogen-bond donors (Lipinski definition) is 2. The summed E-state index contributed by atoms with van der Waals surface area (Å²) in [5.74, 6) is -0.593. The first kappa shape index (κ1) is 7.39. The van der Waals surface area contributed by atoms with Crippen LogP contribution >= 0.6 is 12.4 Å². The van der Waals surface area contributed by atoms with Gasteiger partial charge in [-0.2, -0.15) is 0 Å². The highest BCUT2D eigenvalue weighted by Gasteiger charge is 2.11. The van der Waals surface area contributed by atoms with Crippen LogP contribution in [0.1, 0.15) is 35.3 Å². The van der Waals surface area contributed by atoms with Crippen LogP contribution < -0.4 is 10.6 Å². The van der Waals surface area contributed by atoms with E-state index in [0.717, 1.165) is 5.56 Å². The van der Waals surface area contributed by atoms with E-state index in [4.69, 9.17) is 9.60 Å². The van der Waals surface area contributed by atoms with Crippen LogP contribution in [0.4, 0.5) is 5.69 Å². The molecule has 0 bridgehead atoms. The molecule has 0 saturated heterocycles. The molecule has 96 valence electrons. The molecule has 0 saturated carbocycles. The molecule has 1 amide bonds. The van der Waals surface area contributed by atoms with E-state index in [-0.39, 0.29) is 12.4 Å². The zero-order valence-corrected chi connectivity index (χ0v) is 10.5. The van der Waals surface area contributed by atoms with Crippen molar-refractivity contribution in [1.29, 1.82) is 0 Å². The predicted molar refractivity (Wildman–Crippen MR) is 74.8 cm³/mol. The van der Waals surface area contributed by atoms with Crippen LogP contribution in [-0.2, 0) is 4.79 Å². The zero-order chi connectivity index (χ0) is 18.1. The molecule has 0 aliphatic rings. The normalized spacial score (nSPS) is 20.0. The lowest BCUT2D eigenvalue weighted by atomic mass is 10.2. The van der Waals surface area contributed by atoms with E-state index >= 15 is 0 Å². The first-order valence-electron chi connectivity index (χ1n) is 8.44. The number of carbonyl (C=O) groups excluding carboxylic acids is 1. The molecular weight excluding hydrogens is 236 g/mol. The predicted octanol–water partition coefficient (Wildman–Crippen LogP) is 2.74. The molecule has 0 aromatic heterocycles. The number of rotatable bonds is 5. The van der Waals surface area contributed by atoms with Gasteiger partial charge in [-0.1, -0.05) is 25.1 Å². The summed E-state index contributed by atoms with van der Waals surface area (Å²) in [7, 11) is 0. The Bertz CT molecular complexity index is 578. The summed E-state index contributed by atoms with van der Waals surface area (Å²) in [6, 6.07) is 5.86. The standard InChI is InChI=1S/C13H20N2O.ClH/c1-4-9-14-11(3)13(16)15-12-8-6-5-7-10(12)2;/h5-8,11,14H,4,9H2,1-3H3,(H,15,16);1H/i1D3,4D2,9D2;. The third-order valence-electron chi connectivity index (χ3n) is 2.15. The summed E-state index contributed by atoms with van der Waals surface area (Å²) >= 11 is 0. The van der Waals surface area contributed by atoms with Crippen molar-refractivity contribution in [3.05, 3.63) is 29.8 Å². The number of para-hydroxylation sites is 1. The number of carbonyl (C=O) groups is 1. The Morgan fingerprint density at radius 1 is 1.53 bits per heavy atom. The number of amides is 1. The Kier molecular flexibility index (Phi) is 3.52. The van der Waals surface area contributed by atoms with Crippen molar-refractivity contribution >= 4 is 24.0 Å². The van der Waals surface area contributed by atoms with E-state index in [0.29, 0.717) is 5.69 Å². The van der Waals surface area contributed by atoms with Gasteiger partial charge in [0, 0.05) is 15.3 Å². The van der Waals surface area contributed by atoms with Gasteiger partial charge in [0.1, 0.15) is 0 Å². The lowest BCUT2D eigenvalue weighted by Crippen LogP contribution is -2.38. The smallest absolute Gasteiger partial charge is 0.241 e. The van der Waals surface area contributed by atoms with E-state index in [9.17, 15) is 4.79 Å². The topological polar surface area (TPSA) is 41.1 Å². The highest BCUT2D eigenvalue weighted by molar-refractivity contribution is 5.95. The number of benzene rings is 1. The maximum atomic E-state index is 12.1. The molecule has 1 atom stereocenters. The van der Waals surface area contributed by atoms with Crippen LogP contribution in [0, 0.1) is 6.92 Å². The summed E-state index contributed by atoms with van der Waals surface area (Å²) in [5.41, 5.74) is 1.36. The first-order chi connectivity index (χ1) is 10.3. The average Bonchev–Trinajstić information content (AvgIpc) is 2.39. The Labute approximate surface area is 119 Å². The van der Waals surface area contributed by atoms with Gasteiger partial charge in [-0.15, -0.1) is 12.4 Å². The van der Waals surface area contributed by atoms with Crippen molar-refractivity contribution < 1.29 is 14.4 Å². The molecule has 4 heteroatoms. The molecule has 1 rings (SSSR count). The lowest BCUT2D eigenvalue weighted by molar-refractivity contribution is -0.117. The van der Waals surface area contributed by atoms with Crippen molar-refractivity contribution in [3.8, 4) is 0 Å². The lowest BCUT2D eigenvalue weighted by Gasteiger charge is -2.14. The maximum Gasteiger partial charge on any atom is 0.241 e. The van der Waals surface area contributed by atoms with Gasteiger partial charge in [-0.05, 0) is 38.3 Å². The Hall–Kier alpha value is -1.06. The molecule has 1 aromatic carbocycles. The fourth-order valence-corrected chi connectivity index (χ4v) is 1.16. The van der Waals surface area contributed by atoms with Crippen molar-refractivity contribution in [3.63, 3.8) is 0 Å². The fourth-order valence-electron chi connectivity index (χ4n) is 1.16. The second-order valence-corrected chi connectivity index (χ2v) is 3.42. The van der Waals surface area contributed by atoms with Crippen LogP contribution in [0.15, 0.2) is 24.3 Å². The van der Waals surface area contributed by atoms with Crippen LogP contribution in [0.5, 0.6) is 0 Å². The molecule has 0 fully saturated rings. The van der Waals surface area contributed by atoms with Crippen LogP contribution in [0.3, 0.4) is 0 Å². The summed E-state index contributed by atoms with van der Waals surface area (Å²) in [6.07, 6.45) is -3.16. The SMILES string of the molecule is Cl.[2H]C([2H])([2H])C([2H])([2H])C([2H])([2H])NC(C)C(=O)Nc1ccccc1C. The zero-order valence-electron chi connectivity index (χ0n) is 16.7. The Morgan fingerprint density at radius 3 is 2.88 bits per heavy atom. The van der Waals surface area contributed by atoms with Gasteiger partial charge in [-0.3, -0.25) is 4.79 Å². The number of halogens is 1. The minimum atomic E-state index is -3.17. The monoisotopic (exact) mass is 263 g/mol. The van der Waals surface area contributed by atoms with E-state index in [1.165, 1.54) is 6.92 Å². The molecule has 1 aromatic rings. The Balaban J connectivity index is 0.00000529. The molecule has 0 aliphatic heterocycles. The van der Waals surface area contributed by atoms with Crippen molar-refractivity contribution in [2.24, 2.45) is 0 Å². The quantitative estimate of drug-likeness (QED) is 0.858. The number of aryl methyl sites for hydroxylation is 1. The van der Waals surface area contributed by atoms with Gasteiger partial charge in [0.15, 0.2) is 0 Å². The minimum absolute atomic E-state index is 0. The second kappa shape index (κ2) is 8.09. The largest absolute Gasteiger partial charge is 0.324 e. The van der Waals surface area contributed by atoms with Crippen LogP contribution in [0.25, 0.3) is 0 Å². The summed E-state index contributed by atoms with van der Waals surface area (Å²) in [5, 5.41) is 4.72. The Morgan fingerprint density at radius 2 is 2.24 bits per heavy atom. The van der Waals surface area contributed by atoms with E-state index in [2.05, 4.69) is 10.6 Å². The number of anilines is 1. The fraction of sp³-hybridized carbons (Fsp3) is 0.462. The molecule has 0 heterocycles. The molecule has 1 unspecified atom stereocenters. The van der Waals surface area contributed by atoms with Crippen molar-refractivity contribution in [2.75, 3.05) is 11.8 Å². The molecular formula is C13H21ClN2O. The van der Waals surface area contributed by atoms with E-state index in [1.54, 1.807) is 31.2 Å². The summed E-state index contributed by atoms with van der Waals surface area (Å²) in [4.78, 5) is 12.1. The van der Waals surface area contributed by atoms with Gasteiger partial charge < -0.3 is 10.6 Å². The van der Waals surface area contributed by atoms with Crippen molar-refractivity contribution in [2.45, 2.75) is 33.1 Å². The molecule has 2 N–H and O–H groups in total. The molecule has 3 nitrogen and oxygen atoms in total. The van der Waals surface area contributed by atoms with Gasteiger partial charge in [-0.25, -0.2) is 0 Å². The highest BCUT2D eigenvalue weighted by atomic mass is 35.5. The second-order valence-electron chi connectivity index (χ2n) is 3.42. The molecule has 17 heavy (non-hydrogen) atoms. The summed E-state index contributed by atoms with van der Waals surface area (Å²) in [6.45, 7) is -2.96. The van der Waals surface area contributed by atoms with Gasteiger partial charge in [0.2, 0.25) is 5.91 Å². The highest BCUT2D eigenvalue weighted by Crippen LogP contribution is 2.13. The van der Waals surface area contributed by atoms with E-state index in [1.807, 2.05) is 0 Å². The van der Waals surface area contributed by atoms with Gasteiger partial charge >= 0.3 is 0 Å². The molecule has 0 radical (unpaired) electrons. The number of nitrogens with one attached hydrogen (secondary N) is 2. The number of hydrogen-bond acceptors (Lipinski definition) is 2. The molecule has 0 aliphatic carbocycles.